The Hall–Kier alpha value is -3.66. The van der Waals surface area contributed by atoms with Gasteiger partial charge >= 0.3 is 6.18 Å². The number of alkyl halides is 3. The van der Waals surface area contributed by atoms with Crippen LogP contribution in [0, 0.1) is 0 Å². The lowest BCUT2D eigenvalue weighted by Gasteiger charge is -2.40. The van der Waals surface area contributed by atoms with Gasteiger partial charge in [-0.25, -0.2) is 4.98 Å². The molecule has 1 saturated heterocycles. The molecule has 5 rings (SSSR count). The minimum atomic E-state index is -4.38. The quantitative estimate of drug-likeness (QED) is 0.449. The third-order valence-electron chi connectivity index (χ3n) is 6.20. The summed E-state index contributed by atoms with van der Waals surface area (Å²) in [7, 11) is 0. The molecule has 1 fully saturated rings. The van der Waals surface area contributed by atoms with Crippen LogP contribution in [0.15, 0.2) is 61.2 Å². The highest BCUT2D eigenvalue weighted by Gasteiger charge is 2.31. The van der Waals surface area contributed by atoms with E-state index in [1.807, 2.05) is 12.4 Å². The lowest BCUT2D eigenvalue weighted by molar-refractivity contribution is -0.137. The zero-order valence-electron chi connectivity index (χ0n) is 18.5. The molecule has 4 heterocycles. The average molecular weight is 467 g/mol. The first-order chi connectivity index (χ1) is 16.4. The second-order valence-electron chi connectivity index (χ2n) is 8.51. The standard InChI is InChI=1S/C24H24F3N7/c1-16-14-33(8-9-34(16)22-7-6-21(13-28-22)24(25,26)27)15-20-12-31-32-23(20)18-4-2-17(3-5-18)19-10-29-30-11-19/h2-7,10-13,16H,8-9,14-15H2,1H3,(H,29,30)(H,31,32). The Bertz CT molecular complexity index is 1210. The molecule has 1 aromatic carbocycles. The van der Waals surface area contributed by atoms with Gasteiger partial charge < -0.3 is 4.90 Å². The Morgan fingerprint density at radius 1 is 0.941 bits per heavy atom. The lowest BCUT2D eigenvalue weighted by Crippen LogP contribution is -2.51. The summed E-state index contributed by atoms with van der Waals surface area (Å²) < 4.78 is 38.5. The van der Waals surface area contributed by atoms with E-state index in [0.29, 0.717) is 12.4 Å². The summed E-state index contributed by atoms with van der Waals surface area (Å²) in [5.41, 5.74) is 4.53. The predicted molar refractivity (Wildman–Crippen MR) is 123 cm³/mol. The van der Waals surface area contributed by atoms with Crippen LogP contribution >= 0.6 is 0 Å². The van der Waals surface area contributed by atoms with Crippen LogP contribution in [0.4, 0.5) is 19.0 Å². The van der Waals surface area contributed by atoms with E-state index in [-0.39, 0.29) is 6.04 Å². The number of nitrogens with zero attached hydrogens (tertiary/aromatic N) is 5. The van der Waals surface area contributed by atoms with Gasteiger partial charge in [-0.05, 0) is 30.2 Å². The summed E-state index contributed by atoms with van der Waals surface area (Å²) in [5.74, 6) is 0.571. The largest absolute Gasteiger partial charge is 0.417 e. The van der Waals surface area contributed by atoms with Gasteiger partial charge in [0.1, 0.15) is 5.82 Å². The number of piperazine rings is 1. The molecule has 2 N–H and O–H groups in total. The van der Waals surface area contributed by atoms with Crippen molar-refractivity contribution < 1.29 is 13.2 Å². The van der Waals surface area contributed by atoms with Crippen LogP contribution < -0.4 is 4.90 Å². The van der Waals surface area contributed by atoms with Crippen LogP contribution in [0.1, 0.15) is 18.1 Å². The molecule has 1 aliphatic rings. The minimum Gasteiger partial charge on any atom is -0.351 e. The fourth-order valence-electron chi connectivity index (χ4n) is 4.40. The highest BCUT2D eigenvalue weighted by molar-refractivity contribution is 5.69. The number of aromatic amines is 2. The van der Waals surface area contributed by atoms with E-state index >= 15 is 0 Å². The third-order valence-corrected chi connectivity index (χ3v) is 6.20. The van der Waals surface area contributed by atoms with Gasteiger partial charge in [0.2, 0.25) is 0 Å². The molecule has 0 amide bonds. The SMILES string of the molecule is CC1CN(Cc2cn[nH]c2-c2ccc(-c3cn[nH]c3)cc2)CCN1c1ccc(C(F)(F)F)cn1. The Morgan fingerprint density at radius 2 is 1.74 bits per heavy atom. The third kappa shape index (κ3) is 4.54. The normalized spacial score (nSPS) is 17.3. The van der Waals surface area contributed by atoms with E-state index in [9.17, 15) is 13.2 Å². The molecule has 176 valence electrons. The van der Waals surface area contributed by atoms with Gasteiger partial charge in [0.25, 0.3) is 0 Å². The molecule has 7 nitrogen and oxygen atoms in total. The summed E-state index contributed by atoms with van der Waals surface area (Å²) >= 11 is 0. The van der Waals surface area contributed by atoms with Crippen molar-refractivity contribution in [1.82, 2.24) is 30.3 Å². The fraction of sp³-hybridized carbons (Fsp3) is 0.292. The fourth-order valence-corrected chi connectivity index (χ4v) is 4.40. The molecule has 0 saturated carbocycles. The number of H-pyrrole nitrogens is 2. The number of hydrogen-bond acceptors (Lipinski definition) is 5. The highest BCUT2D eigenvalue weighted by atomic mass is 19.4. The maximum atomic E-state index is 12.8. The maximum absolute atomic E-state index is 12.8. The zero-order chi connectivity index (χ0) is 23.7. The molecule has 1 atom stereocenters. The minimum absolute atomic E-state index is 0.114. The summed E-state index contributed by atoms with van der Waals surface area (Å²) in [5, 5.41) is 14.2. The number of hydrogen-bond donors (Lipinski definition) is 2. The summed E-state index contributed by atoms with van der Waals surface area (Å²) in [4.78, 5) is 8.46. The molecular formula is C24H24F3N7. The van der Waals surface area contributed by atoms with Gasteiger partial charge in [-0.15, -0.1) is 0 Å². The van der Waals surface area contributed by atoms with Crippen molar-refractivity contribution in [1.29, 1.82) is 0 Å². The smallest absolute Gasteiger partial charge is 0.351 e. The number of pyridine rings is 1. The Balaban J connectivity index is 1.24. The van der Waals surface area contributed by atoms with Crippen molar-refractivity contribution in [3.8, 4) is 22.4 Å². The first-order valence-corrected chi connectivity index (χ1v) is 11.0. The van der Waals surface area contributed by atoms with Gasteiger partial charge in [0.15, 0.2) is 0 Å². The van der Waals surface area contributed by atoms with Gasteiger partial charge in [0.05, 0.1) is 23.7 Å². The van der Waals surface area contributed by atoms with Crippen molar-refractivity contribution in [3.63, 3.8) is 0 Å². The van der Waals surface area contributed by atoms with Crippen molar-refractivity contribution in [3.05, 3.63) is 72.3 Å². The van der Waals surface area contributed by atoms with Gasteiger partial charge in [-0.3, -0.25) is 15.1 Å². The topological polar surface area (TPSA) is 76.7 Å². The second kappa shape index (κ2) is 8.94. The molecule has 4 aromatic rings. The van der Waals surface area contributed by atoms with Gasteiger partial charge in [-0.2, -0.15) is 23.4 Å². The maximum Gasteiger partial charge on any atom is 0.417 e. The highest BCUT2D eigenvalue weighted by Crippen LogP contribution is 2.30. The second-order valence-corrected chi connectivity index (χ2v) is 8.51. The number of halogens is 3. The first kappa shape index (κ1) is 22.1. The molecule has 0 spiro atoms. The van der Waals surface area contributed by atoms with Gasteiger partial charge in [-0.1, -0.05) is 24.3 Å². The number of benzene rings is 1. The van der Waals surface area contributed by atoms with Crippen LogP contribution in [0.2, 0.25) is 0 Å². The van der Waals surface area contributed by atoms with Crippen molar-refractivity contribution in [2.75, 3.05) is 24.5 Å². The Labute approximate surface area is 194 Å². The van der Waals surface area contributed by atoms with Crippen molar-refractivity contribution in [2.24, 2.45) is 0 Å². The van der Waals surface area contributed by atoms with E-state index in [1.165, 1.54) is 6.07 Å². The summed E-state index contributed by atoms with van der Waals surface area (Å²) in [6.45, 7) is 5.03. The molecular weight excluding hydrogens is 443 g/mol. The number of anilines is 1. The number of rotatable bonds is 5. The van der Waals surface area contributed by atoms with E-state index in [0.717, 1.165) is 59.8 Å². The van der Waals surface area contributed by atoms with E-state index < -0.39 is 11.7 Å². The molecule has 1 unspecified atom stereocenters. The van der Waals surface area contributed by atoms with E-state index in [2.05, 4.69) is 66.4 Å². The zero-order valence-corrected chi connectivity index (χ0v) is 18.5. The molecule has 0 radical (unpaired) electrons. The number of nitrogens with one attached hydrogen (secondary N) is 2. The van der Waals surface area contributed by atoms with E-state index in [4.69, 9.17) is 0 Å². The molecule has 10 heteroatoms. The monoisotopic (exact) mass is 467 g/mol. The Kier molecular flexibility index (Phi) is 5.82. The van der Waals surface area contributed by atoms with Crippen LogP contribution in [0.3, 0.4) is 0 Å². The van der Waals surface area contributed by atoms with E-state index in [1.54, 1.807) is 6.20 Å². The molecule has 3 aromatic heterocycles. The van der Waals surface area contributed by atoms with Crippen molar-refractivity contribution >= 4 is 5.82 Å². The number of aromatic nitrogens is 5. The van der Waals surface area contributed by atoms with Crippen LogP contribution in [0.5, 0.6) is 0 Å². The van der Waals surface area contributed by atoms with Crippen LogP contribution in [0.25, 0.3) is 22.4 Å². The average Bonchev–Trinajstić information content (AvgIpc) is 3.51. The van der Waals surface area contributed by atoms with Gasteiger partial charge in [0, 0.05) is 55.7 Å². The van der Waals surface area contributed by atoms with Crippen molar-refractivity contribution in [2.45, 2.75) is 25.7 Å². The predicted octanol–water partition coefficient (Wildman–Crippen LogP) is 4.59. The Morgan fingerprint density at radius 3 is 2.38 bits per heavy atom. The summed E-state index contributed by atoms with van der Waals surface area (Å²) in [6.07, 6.45) is 2.03. The summed E-state index contributed by atoms with van der Waals surface area (Å²) in [6, 6.07) is 10.9. The van der Waals surface area contributed by atoms with Crippen LogP contribution in [-0.4, -0.2) is 56.0 Å². The lowest BCUT2D eigenvalue weighted by atomic mass is 10.0. The molecule has 34 heavy (non-hydrogen) atoms. The van der Waals surface area contributed by atoms with Crippen LogP contribution in [-0.2, 0) is 12.7 Å². The first-order valence-electron chi connectivity index (χ1n) is 11.0. The molecule has 0 aliphatic carbocycles. The molecule has 1 aliphatic heterocycles. The molecule has 0 bridgehead atoms.